The van der Waals surface area contributed by atoms with Gasteiger partial charge in [0.1, 0.15) is 6.10 Å². The molecule has 2 rings (SSSR count). The molecular weight excluding hydrogens is 242 g/mol. The van der Waals surface area contributed by atoms with Gasteiger partial charge in [-0.25, -0.2) is 8.42 Å². The van der Waals surface area contributed by atoms with Gasteiger partial charge in [0, 0.05) is 12.5 Å². The number of nitriles is 1. The molecule has 1 aromatic rings. The van der Waals surface area contributed by atoms with E-state index in [1.54, 1.807) is 0 Å². The van der Waals surface area contributed by atoms with E-state index in [1.165, 1.54) is 25.1 Å². The zero-order valence-electron chi connectivity index (χ0n) is 9.00. The Balaban J connectivity index is 2.55. The summed E-state index contributed by atoms with van der Waals surface area (Å²) in [5, 5.41) is 8.76. The summed E-state index contributed by atoms with van der Waals surface area (Å²) in [6.45, 7) is 1.22. The molecule has 1 aromatic carbocycles. The Morgan fingerprint density at radius 3 is 2.82 bits per heavy atom. The van der Waals surface area contributed by atoms with E-state index in [4.69, 9.17) is 10.00 Å². The van der Waals surface area contributed by atoms with Gasteiger partial charge in [-0.1, -0.05) is 0 Å². The summed E-state index contributed by atoms with van der Waals surface area (Å²) in [6.07, 6.45) is -0.805. The highest BCUT2D eigenvalue weighted by Gasteiger charge is 2.36. The maximum absolute atomic E-state index is 11.8. The number of carbonyl (C=O) groups is 1. The maximum Gasteiger partial charge on any atom is 0.303 e. The van der Waals surface area contributed by atoms with Crippen molar-refractivity contribution in [1.82, 2.24) is 0 Å². The minimum atomic E-state index is -3.41. The topological polar surface area (TPSA) is 84.2 Å². The van der Waals surface area contributed by atoms with Gasteiger partial charge >= 0.3 is 5.97 Å². The van der Waals surface area contributed by atoms with Crippen LogP contribution in [0.25, 0.3) is 0 Å². The molecule has 0 spiro atoms. The van der Waals surface area contributed by atoms with Gasteiger partial charge in [-0.15, -0.1) is 0 Å². The van der Waals surface area contributed by atoms with Gasteiger partial charge in [-0.05, 0) is 18.2 Å². The van der Waals surface area contributed by atoms with Crippen LogP contribution in [-0.2, 0) is 19.4 Å². The molecule has 6 heteroatoms. The minimum absolute atomic E-state index is 0.141. The lowest BCUT2D eigenvalue weighted by molar-refractivity contribution is -0.145. The fourth-order valence-corrected chi connectivity index (χ4v) is 3.48. The van der Waals surface area contributed by atoms with Crippen molar-refractivity contribution in [2.45, 2.75) is 17.9 Å². The molecule has 0 fully saturated rings. The van der Waals surface area contributed by atoms with Crippen LogP contribution in [0.3, 0.4) is 0 Å². The number of sulfone groups is 1. The number of rotatable bonds is 1. The first-order valence-corrected chi connectivity index (χ1v) is 6.53. The Labute approximate surface area is 98.5 Å². The van der Waals surface area contributed by atoms with Crippen molar-refractivity contribution in [3.63, 3.8) is 0 Å². The molecule has 1 heterocycles. The van der Waals surface area contributed by atoms with Gasteiger partial charge in [0.2, 0.25) is 0 Å². The van der Waals surface area contributed by atoms with E-state index in [9.17, 15) is 13.2 Å². The number of nitrogens with zero attached hydrogens (tertiary/aromatic N) is 1. The van der Waals surface area contributed by atoms with Crippen molar-refractivity contribution in [3.05, 3.63) is 29.3 Å². The SMILES string of the molecule is CC(=O)OC1CS(=O)(=O)c2ccc(C#N)cc21. The predicted molar refractivity (Wildman–Crippen MR) is 57.7 cm³/mol. The van der Waals surface area contributed by atoms with Crippen LogP contribution in [0.4, 0.5) is 0 Å². The summed E-state index contributed by atoms with van der Waals surface area (Å²) in [5.41, 5.74) is 0.734. The lowest BCUT2D eigenvalue weighted by Gasteiger charge is -2.09. The fraction of sp³-hybridized carbons (Fsp3) is 0.273. The maximum atomic E-state index is 11.8. The summed E-state index contributed by atoms with van der Waals surface area (Å²) in [4.78, 5) is 11.0. The van der Waals surface area contributed by atoms with Gasteiger partial charge < -0.3 is 4.74 Å². The van der Waals surface area contributed by atoms with Gasteiger partial charge in [-0.2, -0.15) is 5.26 Å². The zero-order valence-corrected chi connectivity index (χ0v) is 9.82. The second-order valence-electron chi connectivity index (χ2n) is 3.74. The standard InChI is InChI=1S/C11H9NO4S/c1-7(13)16-10-6-17(14,15)11-3-2-8(5-12)4-9(10)11/h2-4,10H,6H2,1H3. The average molecular weight is 251 g/mol. The monoisotopic (exact) mass is 251 g/mol. The number of hydrogen-bond donors (Lipinski definition) is 0. The van der Waals surface area contributed by atoms with Crippen LogP contribution in [0.1, 0.15) is 24.2 Å². The Morgan fingerprint density at radius 2 is 2.24 bits per heavy atom. The first-order valence-electron chi connectivity index (χ1n) is 4.88. The third-order valence-corrected chi connectivity index (χ3v) is 4.28. The summed E-state index contributed by atoms with van der Waals surface area (Å²) < 4.78 is 28.5. The molecule has 1 aliphatic heterocycles. The number of benzene rings is 1. The van der Waals surface area contributed by atoms with Crippen LogP contribution in [0.5, 0.6) is 0 Å². The molecule has 1 aliphatic rings. The van der Waals surface area contributed by atoms with Crippen LogP contribution in [-0.4, -0.2) is 20.1 Å². The fourth-order valence-electron chi connectivity index (χ4n) is 1.83. The molecule has 0 N–H and O–H groups in total. The predicted octanol–water partition coefficient (Wildman–Crippen LogP) is 0.950. The van der Waals surface area contributed by atoms with Crippen molar-refractivity contribution in [1.29, 1.82) is 5.26 Å². The molecule has 0 bridgehead atoms. The highest BCUT2D eigenvalue weighted by Crippen LogP contribution is 2.36. The Kier molecular flexibility index (Phi) is 2.63. The summed E-state index contributed by atoms with van der Waals surface area (Å²) in [6, 6.07) is 6.19. The molecule has 1 unspecified atom stereocenters. The van der Waals surface area contributed by atoms with Crippen LogP contribution in [0.2, 0.25) is 0 Å². The van der Waals surface area contributed by atoms with E-state index in [-0.39, 0.29) is 10.6 Å². The van der Waals surface area contributed by atoms with Gasteiger partial charge in [0.05, 0.1) is 22.3 Å². The van der Waals surface area contributed by atoms with E-state index in [2.05, 4.69) is 0 Å². The first-order chi connectivity index (χ1) is 7.94. The molecule has 1 atom stereocenters. The highest BCUT2D eigenvalue weighted by molar-refractivity contribution is 7.91. The normalized spacial score (nSPS) is 20.4. The van der Waals surface area contributed by atoms with E-state index in [0.29, 0.717) is 11.1 Å². The minimum Gasteiger partial charge on any atom is -0.457 e. The van der Waals surface area contributed by atoms with Crippen LogP contribution >= 0.6 is 0 Å². The van der Waals surface area contributed by atoms with Crippen molar-refractivity contribution in [2.24, 2.45) is 0 Å². The molecule has 0 aromatic heterocycles. The highest BCUT2D eigenvalue weighted by atomic mass is 32.2. The van der Waals surface area contributed by atoms with Crippen LogP contribution < -0.4 is 0 Å². The molecule has 88 valence electrons. The second kappa shape index (κ2) is 3.86. The van der Waals surface area contributed by atoms with Crippen LogP contribution in [0.15, 0.2) is 23.1 Å². The van der Waals surface area contributed by atoms with Gasteiger partial charge in [0.15, 0.2) is 9.84 Å². The smallest absolute Gasteiger partial charge is 0.303 e. The third-order valence-electron chi connectivity index (χ3n) is 2.50. The van der Waals surface area contributed by atoms with E-state index in [0.717, 1.165) is 0 Å². The molecule has 0 saturated heterocycles. The van der Waals surface area contributed by atoms with Crippen LogP contribution in [0, 0.1) is 11.3 Å². The number of esters is 1. The first kappa shape index (κ1) is 11.6. The number of ether oxygens (including phenoxy) is 1. The molecular formula is C11H9NO4S. The van der Waals surface area contributed by atoms with E-state index in [1.807, 2.05) is 6.07 Å². The number of fused-ring (bicyclic) bond motifs is 1. The van der Waals surface area contributed by atoms with Crippen molar-refractivity contribution < 1.29 is 17.9 Å². The third kappa shape index (κ3) is 2.01. The summed E-state index contributed by atoms with van der Waals surface area (Å²) >= 11 is 0. The van der Waals surface area contributed by atoms with Gasteiger partial charge in [-0.3, -0.25) is 4.79 Å². The molecule has 0 aliphatic carbocycles. The zero-order chi connectivity index (χ0) is 12.6. The molecule has 0 radical (unpaired) electrons. The Hall–Kier alpha value is -1.87. The van der Waals surface area contributed by atoms with Crippen molar-refractivity contribution in [3.8, 4) is 6.07 Å². The van der Waals surface area contributed by atoms with Crippen molar-refractivity contribution in [2.75, 3.05) is 5.75 Å². The van der Waals surface area contributed by atoms with E-state index < -0.39 is 21.9 Å². The molecule has 0 saturated carbocycles. The molecule has 17 heavy (non-hydrogen) atoms. The number of carbonyl (C=O) groups excluding carboxylic acids is 1. The number of hydrogen-bond acceptors (Lipinski definition) is 5. The quantitative estimate of drug-likeness (QED) is 0.694. The summed E-state index contributed by atoms with van der Waals surface area (Å²) in [5.74, 6) is -0.794. The molecule has 5 nitrogen and oxygen atoms in total. The summed E-state index contributed by atoms with van der Waals surface area (Å²) in [7, 11) is -3.41. The Bertz CT molecular complexity index is 627. The van der Waals surface area contributed by atoms with E-state index >= 15 is 0 Å². The second-order valence-corrected chi connectivity index (χ2v) is 5.75. The van der Waals surface area contributed by atoms with Gasteiger partial charge in [0.25, 0.3) is 0 Å². The lowest BCUT2D eigenvalue weighted by atomic mass is 10.1. The average Bonchev–Trinajstić information content (AvgIpc) is 2.49. The van der Waals surface area contributed by atoms with Crippen molar-refractivity contribution >= 4 is 15.8 Å². The largest absolute Gasteiger partial charge is 0.457 e. The molecule has 0 amide bonds. The Morgan fingerprint density at radius 1 is 1.53 bits per heavy atom. The lowest BCUT2D eigenvalue weighted by Crippen LogP contribution is -2.10.